The lowest BCUT2D eigenvalue weighted by Gasteiger charge is -2.35. The molecule has 16 heavy (non-hydrogen) atoms. The Kier molecular flexibility index (Phi) is 1.49. The first-order chi connectivity index (χ1) is 7.46. The van der Waals surface area contributed by atoms with Crippen LogP contribution in [-0.2, 0) is 4.74 Å². The maximum atomic E-state index is 11.9. The number of cyclic esters (lactones) is 1. The highest BCUT2D eigenvalue weighted by Gasteiger charge is 2.61. The highest BCUT2D eigenvalue weighted by atomic mass is 16.6. The van der Waals surface area contributed by atoms with E-state index in [1.165, 1.54) is 0 Å². The minimum Gasteiger partial charge on any atom is -0.439 e. The number of benzene rings is 1. The SMILES string of the molecule is CC1(C)OC(=O)N2c3ccccc3N[C@]21C. The van der Waals surface area contributed by atoms with Crippen LogP contribution in [0.25, 0.3) is 0 Å². The fraction of sp³-hybridized carbons (Fsp3) is 0.417. The Bertz CT molecular complexity index is 484. The monoisotopic (exact) mass is 218 g/mol. The molecule has 0 unspecified atom stereocenters. The molecule has 2 aliphatic heterocycles. The number of anilines is 2. The molecule has 4 nitrogen and oxygen atoms in total. The predicted molar refractivity (Wildman–Crippen MR) is 61.5 cm³/mol. The maximum Gasteiger partial charge on any atom is 0.417 e. The first-order valence-electron chi connectivity index (χ1n) is 5.36. The molecular weight excluding hydrogens is 204 g/mol. The molecule has 2 heterocycles. The summed E-state index contributed by atoms with van der Waals surface area (Å²) in [7, 11) is 0. The van der Waals surface area contributed by atoms with Crippen LogP contribution in [0.2, 0.25) is 0 Å². The van der Waals surface area contributed by atoms with Crippen LogP contribution < -0.4 is 10.2 Å². The smallest absolute Gasteiger partial charge is 0.417 e. The summed E-state index contributed by atoms with van der Waals surface area (Å²) in [6, 6.07) is 7.78. The summed E-state index contributed by atoms with van der Waals surface area (Å²) in [5.74, 6) is 0. The minimum absolute atomic E-state index is 0.287. The number of ether oxygens (including phenoxy) is 1. The Labute approximate surface area is 94.2 Å². The number of rotatable bonds is 0. The summed E-state index contributed by atoms with van der Waals surface area (Å²) in [5, 5.41) is 3.37. The number of fused-ring (bicyclic) bond motifs is 3. The van der Waals surface area contributed by atoms with E-state index in [2.05, 4.69) is 5.32 Å². The van der Waals surface area contributed by atoms with Gasteiger partial charge >= 0.3 is 6.09 Å². The molecule has 1 atom stereocenters. The van der Waals surface area contributed by atoms with Crippen molar-refractivity contribution in [1.29, 1.82) is 0 Å². The molecule has 3 rings (SSSR count). The van der Waals surface area contributed by atoms with Crippen molar-refractivity contribution in [2.24, 2.45) is 0 Å². The van der Waals surface area contributed by atoms with Gasteiger partial charge in [-0.25, -0.2) is 9.69 Å². The molecule has 1 fully saturated rings. The molecule has 84 valence electrons. The number of amides is 1. The first-order valence-corrected chi connectivity index (χ1v) is 5.36. The average molecular weight is 218 g/mol. The molecule has 0 radical (unpaired) electrons. The van der Waals surface area contributed by atoms with Gasteiger partial charge in [-0.1, -0.05) is 12.1 Å². The van der Waals surface area contributed by atoms with Crippen molar-refractivity contribution < 1.29 is 9.53 Å². The third-order valence-electron chi connectivity index (χ3n) is 3.67. The van der Waals surface area contributed by atoms with Crippen molar-refractivity contribution in [2.45, 2.75) is 32.0 Å². The first kappa shape index (κ1) is 9.51. The number of nitrogens with one attached hydrogen (secondary N) is 1. The van der Waals surface area contributed by atoms with Crippen LogP contribution >= 0.6 is 0 Å². The van der Waals surface area contributed by atoms with Gasteiger partial charge in [0.15, 0.2) is 11.3 Å². The Balaban J connectivity index is 2.20. The summed E-state index contributed by atoms with van der Waals surface area (Å²) in [5.41, 5.74) is 0.812. The van der Waals surface area contributed by atoms with E-state index in [9.17, 15) is 4.79 Å². The summed E-state index contributed by atoms with van der Waals surface area (Å²) in [6.07, 6.45) is -0.287. The number of hydrogen-bond acceptors (Lipinski definition) is 3. The van der Waals surface area contributed by atoms with Crippen LogP contribution in [0.4, 0.5) is 16.2 Å². The van der Waals surface area contributed by atoms with E-state index in [-0.39, 0.29) is 6.09 Å². The largest absolute Gasteiger partial charge is 0.439 e. The van der Waals surface area contributed by atoms with Gasteiger partial charge in [0.25, 0.3) is 0 Å². The van der Waals surface area contributed by atoms with Gasteiger partial charge in [0.2, 0.25) is 0 Å². The number of hydrogen-bond donors (Lipinski definition) is 1. The number of nitrogens with zero attached hydrogens (tertiary/aromatic N) is 1. The quantitative estimate of drug-likeness (QED) is 0.727. The molecule has 1 amide bonds. The Morgan fingerprint density at radius 3 is 2.69 bits per heavy atom. The summed E-state index contributed by atoms with van der Waals surface area (Å²) < 4.78 is 5.40. The van der Waals surface area contributed by atoms with E-state index in [0.717, 1.165) is 11.4 Å². The van der Waals surface area contributed by atoms with Crippen LogP contribution in [0, 0.1) is 0 Å². The molecule has 0 aliphatic carbocycles. The third kappa shape index (κ3) is 0.876. The van der Waals surface area contributed by atoms with Gasteiger partial charge in [-0.3, -0.25) is 0 Å². The molecule has 2 aliphatic rings. The zero-order valence-corrected chi connectivity index (χ0v) is 9.57. The standard InChI is InChI=1S/C12H14N2O2/c1-11(2)12(3)13-8-6-4-5-7-9(8)14(12)10(15)16-11/h4-7,13H,1-3H3/t12-/m1/s1. The van der Waals surface area contributed by atoms with Crippen LogP contribution in [0.15, 0.2) is 24.3 Å². The predicted octanol–water partition coefficient (Wildman–Crippen LogP) is 2.56. The molecule has 0 aromatic heterocycles. The topological polar surface area (TPSA) is 41.6 Å². The maximum absolute atomic E-state index is 11.9. The summed E-state index contributed by atoms with van der Waals surface area (Å²) >= 11 is 0. The van der Waals surface area contributed by atoms with Crippen molar-refractivity contribution in [2.75, 3.05) is 10.2 Å². The molecule has 1 saturated heterocycles. The number of para-hydroxylation sites is 2. The van der Waals surface area contributed by atoms with Crippen molar-refractivity contribution >= 4 is 17.5 Å². The van der Waals surface area contributed by atoms with Gasteiger partial charge in [-0.2, -0.15) is 0 Å². The lowest BCUT2D eigenvalue weighted by molar-refractivity contribution is 0.0493. The van der Waals surface area contributed by atoms with Crippen molar-refractivity contribution in [3.8, 4) is 0 Å². The fourth-order valence-electron chi connectivity index (χ4n) is 2.40. The second-order valence-electron chi connectivity index (χ2n) is 4.93. The molecule has 0 spiro atoms. The van der Waals surface area contributed by atoms with Gasteiger partial charge in [0.05, 0.1) is 11.4 Å². The summed E-state index contributed by atoms with van der Waals surface area (Å²) in [4.78, 5) is 13.6. The van der Waals surface area contributed by atoms with Gasteiger partial charge in [-0.15, -0.1) is 0 Å². The zero-order chi connectivity index (χ0) is 11.6. The van der Waals surface area contributed by atoms with E-state index < -0.39 is 11.3 Å². The van der Waals surface area contributed by atoms with Gasteiger partial charge in [-0.05, 0) is 32.9 Å². The van der Waals surface area contributed by atoms with Crippen molar-refractivity contribution in [3.63, 3.8) is 0 Å². The Morgan fingerprint density at radius 2 is 1.94 bits per heavy atom. The second-order valence-corrected chi connectivity index (χ2v) is 4.93. The number of carbonyl (C=O) groups excluding carboxylic acids is 1. The molecule has 1 aromatic rings. The van der Waals surface area contributed by atoms with Crippen LogP contribution in [0.5, 0.6) is 0 Å². The van der Waals surface area contributed by atoms with E-state index in [1.54, 1.807) is 4.90 Å². The van der Waals surface area contributed by atoms with E-state index >= 15 is 0 Å². The van der Waals surface area contributed by atoms with Crippen molar-refractivity contribution in [1.82, 2.24) is 0 Å². The van der Waals surface area contributed by atoms with E-state index in [1.807, 2.05) is 45.0 Å². The number of carbonyl (C=O) groups is 1. The van der Waals surface area contributed by atoms with Crippen LogP contribution in [0.3, 0.4) is 0 Å². The van der Waals surface area contributed by atoms with Crippen molar-refractivity contribution in [3.05, 3.63) is 24.3 Å². The van der Waals surface area contributed by atoms with Gasteiger partial charge in [0.1, 0.15) is 0 Å². The molecule has 4 heteroatoms. The Morgan fingerprint density at radius 1 is 1.25 bits per heavy atom. The fourth-order valence-corrected chi connectivity index (χ4v) is 2.40. The normalized spacial score (nSPS) is 29.4. The molecule has 0 bridgehead atoms. The lowest BCUT2D eigenvalue weighted by atomic mass is 9.93. The third-order valence-corrected chi connectivity index (χ3v) is 3.67. The molecule has 1 aromatic carbocycles. The molecular formula is C12H14N2O2. The minimum atomic E-state index is -0.552. The van der Waals surface area contributed by atoms with E-state index in [4.69, 9.17) is 4.74 Å². The second kappa shape index (κ2) is 2.51. The lowest BCUT2D eigenvalue weighted by Crippen LogP contribution is -2.56. The van der Waals surface area contributed by atoms with Crippen LogP contribution in [-0.4, -0.2) is 17.4 Å². The van der Waals surface area contributed by atoms with Gasteiger partial charge in [0, 0.05) is 0 Å². The van der Waals surface area contributed by atoms with E-state index in [0.29, 0.717) is 0 Å². The van der Waals surface area contributed by atoms with Crippen LogP contribution in [0.1, 0.15) is 20.8 Å². The highest BCUT2D eigenvalue weighted by molar-refractivity contribution is 6.00. The molecule has 0 saturated carbocycles. The Hall–Kier alpha value is -1.71. The zero-order valence-electron chi connectivity index (χ0n) is 9.57. The summed E-state index contributed by atoms with van der Waals surface area (Å²) in [6.45, 7) is 5.82. The van der Waals surface area contributed by atoms with Gasteiger partial charge < -0.3 is 10.1 Å². The molecule has 1 N–H and O–H groups in total. The average Bonchev–Trinajstić information content (AvgIpc) is 2.58. The highest BCUT2D eigenvalue weighted by Crippen LogP contribution is 2.49.